The van der Waals surface area contributed by atoms with Crippen LogP contribution in [0.1, 0.15) is 44.2 Å². The number of aromatic nitrogens is 5. The molecule has 6 heteroatoms. The third-order valence-electron chi connectivity index (χ3n) is 4.12. The number of hydrogen-bond acceptors (Lipinski definition) is 4. The fourth-order valence-electron chi connectivity index (χ4n) is 2.89. The smallest absolute Gasteiger partial charge is 0.150 e. The van der Waals surface area contributed by atoms with Crippen LogP contribution in [-0.4, -0.2) is 38.0 Å². The highest BCUT2D eigenvalue weighted by Crippen LogP contribution is 2.22. The maximum Gasteiger partial charge on any atom is 0.150 e. The summed E-state index contributed by atoms with van der Waals surface area (Å²) in [5.74, 6) is 3.25. The minimum Gasteiger partial charge on any atom is -0.383 e. The first kappa shape index (κ1) is 16.6. The largest absolute Gasteiger partial charge is 0.383 e. The van der Waals surface area contributed by atoms with Crippen molar-refractivity contribution in [2.24, 2.45) is 0 Å². The quantitative estimate of drug-likeness (QED) is 0.669. The minimum absolute atomic E-state index is 0.346. The van der Waals surface area contributed by atoms with Gasteiger partial charge in [0.1, 0.15) is 11.6 Å². The van der Waals surface area contributed by atoms with Crippen LogP contribution in [-0.2, 0) is 24.2 Å². The summed E-state index contributed by atoms with van der Waals surface area (Å²) in [5.41, 5.74) is 2.17. The lowest BCUT2D eigenvalue weighted by Gasteiger charge is -2.12. The number of methoxy groups -OCH3 is 1. The molecule has 0 radical (unpaired) electrons. The van der Waals surface area contributed by atoms with Crippen LogP contribution < -0.4 is 0 Å². The normalized spacial score (nSPS) is 11.7. The Kier molecular flexibility index (Phi) is 4.94. The van der Waals surface area contributed by atoms with Crippen molar-refractivity contribution in [1.82, 2.24) is 24.3 Å². The van der Waals surface area contributed by atoms with E-state index >= 15 is 0 Å². The van der Waals surface area contributed by atoms with Gasteiger partial charge < -0.3 is 9.30 Å². The van der Waals surface area contributed by atoms with Crippen molar-refractivity contribution in [1.29, 1.82) is 0 Å². The predicted molar refractivity (Wildman–Crippen MR) is 94.2 cm³/mol. The molecule has 0 aliphatic rings. The highest BCUT2D eigenvalue weighted by atomic mass is 16.5. The van der Waals surface area contributed by atoms with Gasteiger partial charge in [0.15, 0.2) is 5.82 Å². The first-order valence-corrected chi connectivity index (χ1v) is 8.50. The standard InChI is InChI=1S/C18H25N5O/c1-5-16-20-17(23(21-16)10-11-24-4)12-22-15-9-7-6-8-14(15)19-18(22)13(2)3/h6-9,13H,5,10-12H2,1-4H3. The summed E-state index contributed by atoms with van der Waals surface area (Å²) in [7, 11) is 1.71. The zero-order chi connectivity index (χ0) is 17.1. The number of rotatable bonds is 7. The Morgan fingerprint density at radius 3 is 2.67 bits per heavy atom. The molecule has 6 nitrogen and oxygen atoms in total. The van der Waals surface area contributed by atoms with E-state index in [0.717, 1.165) is 34.9 Å². The lowest BCUT2D eigenvalue weighted by molar-refractivity contribution is 0.182. The number of benzene rings is 1. The van der Waals surface area contributed by atoms with E-state index < -0.39 is 0 Å². The Labute approximate surface area is 142 Å². The average molecular weight is 327 g/mol. The highest BCUT2D eigenvalue weighted by molar-refractivity contribution is 5.76. The number of nitrogens with zero attached hydrogens (tertiary/aromatic N) is 5. The van der Waals surface area contributed by atoms with Crippen LogP contribution in [0.25, 0.3) is 11.0 Å². The molecule has 24 heavy (non-hydrogen) atoms. The fourth-order valence-corrected chi connectivity index (χ4v) is 2.89. The van der Waals surface area contributed by atoms with Crippen molar-refractivity contribution >= 4 is 11.0 Å². The molecule has 0 amide bonds. The summed E-state index contributed by atoms with van der Waals surface area (Å²) >= 11 is 0. The molecule has 0 fully saturated rings. The molecule has 2 heterocycles. The van der Waals surface area contributed by atoms with E-state index in [1.165, 1.54) is 0 Å². The van der Waals surface area contributed by atoms with Crippen molar-refractivity contribution < 1.29 is 4.74 Å². The average Bonchev–Trinajstić information content (AvgIpc) is 3.15. The molecule has 0 saturated carbocycles. The third-order valence-corrected chi connectivity index (χ3v) is 4.12. The second kappa shape index (κ2) is 7.13. The SMILES string of the molecule is CCc1nc(Cn2c(C(C)C)nc3ccccc32)n(CCOC)n1. The summed E-state index contributed by atoms with van der Waals surface area (Å²) < 4.78 is 9.42. The molecule has 0 unspecified atom stereocenters. The van der Waals surface area contributed by atoms with Gasteiger partial charge in [-0.15, -0.1) is 0 Å². The van der Waals surface area contributed by atoms with Gasteiger partial charge in [-0.3, -0.25) is 0 Å². The van der Waals surface area contributed by atoms with Crippen LogP contribution in [0.15, 0.2) is 24.3 Å². The summed E-state index contributed by atoms with van der Waals surface area (Å²) in [6.07, 6.45) is 0.828. The maximum absolute atomic E-state index is 5.20. The molecule has 0 N–H and O–H groups in total. The summed E-state index contributed by atoms with van der Waals surface area (Å²) in [6.45, 7) is 8.43. The van der Waals surface area contributed by atoms with Gasteiger partial charge in [0.25, 0.3) is 0 Å². The Balaban J connectivity index is 2.03. The van der Waals surface area contributed by atoms with Gasteiger partial charge in [0.2, 0.25) is 0 Å². The summed E-state index contributed by atoms with van der Waals surface area (Å²) in [5, 5.41) is 4.59. The van der Waals surface area contributed by atoms with Crippen molar-refractivity contribution in [2.75, 3.05) is 13.7 Å². The molecule has 2 aromatic heterocycles. The molecule has 3 rings (SSSR count). The number of aryl methyl sites for hydroxylation is 1. The fraction of sp³-hybridized carbons (Fsp3) is 0.500. The topological polar surface area (TPSA) is 57.8 Å². The lowest BCUT2D eigenvalue weighted by Crippen LogP contribution is -2.15. The zero-order valence-corrected chi connectivity index (χ0v) is 14.9. The number of fused-ring (bicyclic) bond motifs is 1. The van der Waals surface area contributed by atoms with Crippen LogP contribution in [0, 0.1) is 0 Å². The Morgan fingerprint density at radius 2 is 1.96 bits per heavy atom. The number of para-hydroxylation sites is 2. The molecule has 0 aliphatic carbocycles. The van der Waals surface area contributed by atoms with Gasteiger partial charge in [-0.25, -0.2) is 14.6 Å². The van der Waals surface area contributed by atoms with E-state index in [4.69, 9.17) is 14.7 Å². The van der Waals surface area contributed by atoms with E-state index in [9.17, 15) is 0 Å². The van der Waals surface area contributed by atoms with Crippen LogP contribution in [0.5, 0.6) is 0 Å². The highest BCUT2D eigenvalue weighted by Gasteiger charge is 2.17. The monoisotopic (exact) mass is 327 g/mol. The summed E-state index contributed by atoms with van der Waals surface area (Å²) in [6, 6.07) is 8.26. The van der Waals surface area contributed by atoms with E-state index in [0.29, 0.717) is 25.6 Å². The number of hydrogen-bond donors (Lipinski definition) is 0. The molecule has 0 spiro atoms. The third kappa shape index (κ3) is 3.19. The van der Waals surface area contributed by atoms with Gasteiger partial charge in [-0.1, -0.05) is 32.9 Å². The van der Waals surface area contributed by atoms with Crippen molar-refractivity contribution in [2.45, 2.75) is 46.2 Å². The van der Waals surface area contributed by atoms with Gasteiger partial charge in [-0.2, -0.15) is 5.10 Å². The Bertz CT molecular complexity index is 818. The molecule has 3 aromatic rings. The molecule has 0 saturated heterocycles. The van der Waals surface area contributed by atoms with Crippen LogP contribution >= 0.6 is 0 Å². The van der Waals surface area contributed by atoms with Gasteiger partial charge in [-0.05, 0) is 12.1 Å². The number of imidazole rings is 1. The maximum atomic E-state index is 5.20. The van der Waals surface area contributed by atoms with E-state index in [1.54, 1.807) is 7.11 Å². The van der Waals surface area contributed by atoms with Gasteiger partial charge in [0, 0.05) is 19.4 Å². The molecular weight excluding hydrogens is 302 g/mol. The first-order valence-electron chi connectivity index (χ1n) is 8.50. The second-order valence-corrected chi connectivity index (χ2v) is 6.21. The van der Waals surface area contributed by atoms with E-state index in [2.05, 4.69) is 48.6 Å². The Morgan fingerprint density at radius 1 is 1.17 bits per heavy atom. The predicted octanol–water partition coefficient (Wildman–Crippen LogP) is 3.01. The number of ether oxygens (including phenoxy) is 1. The van der Waals surface area contributed by atoms with Crippen molar-refractivity contribution in [3.63, 3.8) is 0 Å². The molecule has 0 bridgehead atoms. The van der Waals surface area contributed by atoms with Crippen LogP contribution in [0.3, 0.4) is 0 Å². The molecule has 128 valence electrons. The second-order valence-electron chi connectivity index (χ2n) is 6.21. The van der Waals surface area contributed by atoms with Crippen LogP contribution in [0.4, 0.5) is 0 Å². The zero-order valence-electron chi connectivity index (χ0n) is 14.9. The van der Waals surface area contributed by atoms with Crippen LogP contribution in [0.2, 0.25) is 0 Å². The minimum atomic E-state index is 0.346. The first-order chi connectivity index (χ1) is 11.6. The molecule has 1 aromatic carbocycles. The van der Waals surface area contributed by atoms with Gasteiger partial charge in [0.05, 0.1) is 30.7 Å². The molecule has 0 aliphatic heterocycles. The van der Waals surface area contributed by atoms with E-state index in [1.807, 2.05) is 10.7 Å². The van der Waals surface area contributed by atoms with Crippen molar-refractivity contribution in [3.8, 4) is 0 Å². The Hall–Kier alpha value is -2.21. The summed E-state index contributed by atoms with van der Waals surface area (Å²) in [4.78, 5) is 9.52. The van der Waals surface area contributed by atoms with E-state index in [-0.39, 0.29) is 0 Å². The van der Waals surface area contributed by atoms with Gasteiger partial charge >= 0.3 is 0 Å². The molecule has 0 atom stereocenters. The van der Waals surface area contributed by atoms with Crippen molar-refractivity contribution in [3.05, 3.63) is 41.7 Å². The molecular formula is C18H25N5O. The lowest BCUT2D eigenvalue weighted by atomic mass is 10.2.